The molecular weight excluding hydrogens is 388 g/mol. The van der Waals surface area contributed by atoms with Gasteiger partial charge in [-0.15, -0.1) is 11.8 Å². The number of thioether (sulfide) groups is 1. The highest BCUT2D eigenvalue weighted by Gasteiger charge is 2.21. The van der Waals surface area contributed by atoms with Crippen molar-refractivity contribution in [3.63, 3.8) is 0 Å². The number of amides is 2. The Kier molecular flexibility index (Phi) is 7.35. The zero-order valence-electron chi connectivity index (χ0n) is 16.8. The molecule has 3 rings (SSSR count). The average Bonchev–Trinajstić information content (AvgIpc) is 3.01. The van der Waals surface area contributed by atoms with Gasteiger partial charge in [0.15, 0.2) is 0 Å². The second kappa shape index (κ2) is 10.2. The third-order valence-electron chi connectivity index (χ3n) is 4.71. The lowest BCUT2D eigenvalue weighted by Crippen LogP contribution is -2.38. The number of ether oxygens (including phenoxy) is 1. The molecule has 7 nitrogen and oxygen atoms in total. The molecule has 0 saturated carbocycles. The number of anilines is 2. The highest BCUT2D eigenvalue weighted by atomic mass is 32.2. The van der Waals surface area contributed by atoms with Crippen molar-refractivity contribution < 1.29 is 14.3 Å². The molecule has 154 valence electrons. The first-order chi connectivity index (χ1) is 14.1. The van der Waals surface area contributed by atoms with Crippen molar-refractivity contribution in [2.75, 3.05) is 49.3 Å². The van der Waals surface area contributed by atoms with E-state index in [1.165, 1.54) is 0 Å². The number of benzene rings is 1. The van der Waals surface area contributed by atoms with Crippen LogP contribution in [0.4, 0.5) is 16.3 Å². The van der Waals surface area contributed by atoms with Crippen LogP contribution in [0.3, 0.4) is 0 Å². The fourth-order valence-electron chi connectivity index (χ4n) is 3.20. The van der Waals surface area contributed by atoms with Crippen LogP contribution in [0, 0.1) is 0 Å². The van der Waals surface area contributed by atoms with Crippen LogP contribution in [0.25, 0.3) is 0 Å². The first-order valence-electron chi connectivity index (χ1n) is 9.69. The molecule has 1 aliphatic rings. The molecule has 1 fully saturated rings. The number of carbonyl (C=O) groups is 2. The van der Waals surface area contributed by atoms with Crippen LogP contribution in [-0.4, -0.2) is 60.9 Å². The average molecular weight is 415 g/mol. The summed E-state index contributed by atoms with van der Waals surface area (Å²) in [5, 5.41) is 3.03. The van der Waals surface area contributed by atoms with E-state index in [1.54, 1.807) is 30.9 Å². The standard InChI is InChI=1S/C21H26N4O3S/c1-3-28-20(26)16-9-10-19(22-15-16)24-11-6-12-25(14-13-24)21(27)23-17-7-4-5-8-18(17)29-2/h4-5,7-10,15H,3,6,11-14H2,1-2H3,(H,23,27). The Morgan fingerprint density at radius 2 is 1.97 bits per heavy atom. The highest BCUT2D eigenvalue weighted by molar-refractivity contribution is 7.98. The number of carbonyl (C=O) groups excluding carboxylic acids is 2. The van der Waals surface area contributed by atoms with Crippen LogP contribution in [0.5, 0.6) is 0 Å². The third kappa shape index (κ3) is 5.41. The van der Waals surface area contributed by atoms with Gasteiger partial charge in [0, 0.05) is 37.3 Å². The van der Waals surface area contributed by atoms with E-state index < -0.39 is 0 Å². The summed E-state index contributed by atoms with van der Waals surface area (Å²) in [7, 11) is 0. The Bertz CT molecular complexity index is 844. The third-order valence-corrected chi connectivity index (χ3v) is 5.51. The van der Waals surface area contributed by atoms with Gasteiger partial charge in [0.1, 0.15) is 5.82 Å². The topological polar surface area (TPSA) is 74.8 Å². The first kappa shape index (κ1) is 21.0. The second-order valence-electron chi connectivity index (χ2n) is 6.58. The summed E-state index contributed by atoms with van der Waals surface area (Å²) in [4.78, 5) is 33.9. The molecule has 1 saturated heterocycles. The van der Waals surface area contributed by atoms with E-state index in [-0.39, 0.29) is 12.0 Å². The van der Waals surface area contributed by atoms with E-state index in [0.717, 1.165) is 29.4 Å². The number of hydrogen-bond donors (Lipinski definition) is 1. The second-order valence-corrected chi connectivity index (χ2v) is 7.43. The van der Waals surface area contributed by atoms with E-state index in [4.69, 9.17) is 4.74 Å². The number of aromatic nitrogens is 1. The van der Waals surface area contributed by atoms with Crippen LogP contribution >= 0.6 is 11.8 Å². The lowest BCUT2D eigenvalue weighted by Gasteiger charge is -2.23. The number of nitrogens with zero attached hydrogens (tertiary/aromatic N) is 3. The molecule has 0 radical (unpaired) electrons. The summed E-state index contributed by atoms with van der Waals surface area (Å²) >= 11 is 1.61. The normalized spacial score (nSPS) is 14.3. The number of urea groups is 1. The molecule has 0 spiro atoms. The Balaban J connectivity index is 1.60. The molecule has 0 atom stereocenters. The van der Waals surface area contributed by atoms with Crippen molar-refractivity contribution in [2.24, 2.45) is 0 Å². The quantitative estimate of drug-likeness (QED) is 0.594. The minimum atomic E-state index is -0.365. The van der Waals surface area contributed by atoms with E-state index in [9.17, 15) is 9.59 Å². The van der Waals surface area contributed by atoms with Gasteiger partial charge in [-0.25, -0.2) is 14.6 Å². The summed E-state index contributed by atoms with van der Waals surface area (Å²) in [5.74, 6) is 0.434. The molecule has 8 heteroatoms. The van der Waals surface area contributed by atoms with E-state index in [1.807, 2.05) is 41.5 Å². The molecule has 1 aromatic heterocycles. The lowest BCUT2D eigenvalue weighted by molar-refractivity contribution is 0.0526. The molecule has 1 aromatic carbocycles. The van der Waals surface area contributed by atoms with Gasteiger partial charge < -0.3 is 19.9 Å². The van der Waals surface area contributed by atoms with Crippen LogP contribution in [-0.2, 0) is 4.74 Å². The molecule has 2 amide bonds. The number of nitrogens with one attached hydrogen (secondary N) is 1. The number of hydrogen-bond acceptors (Lipinski definition) is 6. The van der Waals surface area contributed by atoms with Crippen molar-refractivity contribution in [1.82, 2.24) is 9.88 Å². The van der Waals surface area contributed by atoms with Gasteiger partial charge in [-0.1, -0.05) is 12.1 Å². The van der Waals surface area contributed by atoms with Crippen molar-refractivity contribution in [1.29, 1.82) is 0 Å². The van der Waals surface area contributed by atoms with E-state index >= 15 is 0 Å². The van der Waals surface area contributed by atoms with E-state index in [2.05, 4.69) is 15.2 Å². The zero-order chi connectivity index (χ0) is 20.6. The van der Waals surface area contributed by atoms with Crippen LogP contribution in [0.1, 0.15) is 23.7 Å². The molecule has 29 heavy (non-hydrogen) atoms. The monoisotopic (exact) mass is 414 g/mol. The summed E-state index contributed by atoms with van der Waals surface area (Å²) in [6.45, 7) is 4.89. The van der Waals surface area contributed by atoms with Gasteiger partial charge in [0.05, 0.1) is 17.9 Å². The molecule has 2 heterocycles. The van der Waals surface area contributed by atoms with Gasteiger partial charge in [-0.05, 0) is 43.9 Å². The Morgan fingerprint density at radius 1 is 1.14 bits per heavy atom. The van der Waals surface area contributed by atoms with Crippen molar-refractivity contribution in [3.05, 3.63) is 48.2 Å². The van der Waals surface area contributed by atoms with Crippen LogP contribution in [0.15, 0.2) is 47.5 Å². The largest absolute Gasteiger partial charge is 0.462 e. The predicted molar refractivity (Wildman–Crippen MR) is 116 cm³/mol. The minimum Gasteiger partial charge on any atom is -0.462 e. The predicted octanol–water partition coefficient (Wildman–Crippen LogP) is 3.72. The fraction of sp³-hybridized carbons (Fsp3) is 0.381. The Morgan fingerprint density at radius 3 is 2.69 bits per heavy atom. The maximum Gasteiger partial charge on any atom is 0.339 e. The molecule has 0 aliphatic carbocycles. The number of pyridine rings is 1. The number of esters is 1. The maximum absolute atomic E-state index is 12.7. The highest BCUT2D eigenvalue weighted by Crippen LogP contribution is 2.25. The van der Waals surface area contributed by atoms with Gasteiger partial charge in [0.25, 0.3) is 0 Å². The molecule has 1 aliphatic heterocycles. The minimum absolute atomic E-state index is 0.0843. The lowest BCUT2D eigenvalue weighted by atomic mass is 10.2. The van der Waals surface area contributed by atoms with Crippen LogP contribution in [0.2, 0.25) is 0 Å². The summed E-state index contributed by atoms with van der Waals surface area (Å²) in [6, 6.07) is 11.3. The van der Waals surface area contributed by atoms with Crippen LogP contribution < -0.4 is 10.2 Å². The first-order valence-corrected chi connectivity index (χ1v) is 10.9. The maximum atomic E-state index is 12.7. The Labute approximate surface area is 175 Å². The molecular formula is C21H26N4O3S. The molecule has 0 unspecified atom stereocenters. The van der Waals surface area contributed by atoms with Crippen molar-refractivity contribution >= 4 is 35.3 Å². The van der Waals surface area contributed by atoms with E-state index in [0.29, 0.717) is 31.8 Å². The van der Waals surface area contributed by atoms with Gasteiger partial charge in [-0.2, -0.15) is 0 Å². The SMILES string of the molecule is CCOC(=O)c1ccc(N2CCCN(C(=O)Nc3ccccc3SC)CC2)nc1. The number of rotatable bonds is 5. The summed E-state index contributed by atoms with van der Waals surface area (Å²) < 4.78 is 4.99. The summed E-state index contributed by atoms with van der Waals surface area (Å²) in [5.41, 5.74) is 1.28. The zero-order valence-corrected chi connectivity index (χ0v) is 17.6. The molecule has 1 N–H and O–H groups in total. The molecule has 2 aromatic rings. The Hall–Kier alpha value is -2.74. The fourth-order valence-corrected chi connectivity index (χ4v) is 3.75. The van der Waals surface area contributed by atoms with Gasteiger partial charge in [0.2, 0.25) is 0 Å². The van der Waals surface area contributed by atoms with Gasteiger partial charge >= 0.3 is 12.0 Å². The van der Waals surface area contributed by atoms with Gasteiger partial charge in [-0.3, -0.25) is 0 Å². The van der Waals surface area contributed by atoms with Crippen molar-refractivity contribution in [3.8, 4) is 0 Å². The smallest absolute Gasteiger partial charge is 0.339 e. The van der Waals surface area contributed by atoms with Crippen molar-refractivity contribution in [2.45, 2.75) is 18.2 Å². The summed E-state index contributed by atoms with van der Waals surface area (Å²) in [6.07, 6.45) is 4.38. The number of para-hydroxylation sites is 1. The molecule has 0 bridgehead atoms.